The molecule has 7 rings (SSSR count). The molecule has 9 nitrogen and oxygen atoms in total. The zero-order valence-electron chi connectivity index (χ0n) is 27.7. The van der Waals surface area contributed by atoms with E-state index < -0.39 is 0 Å². The van der Waals surface area contributed by atoms with Gasteiger partial charge in [-0.25, -0.2) is 4.79 Å². The second kappa shape index (κ2) is 15.1. The van der Waals surface area contributed by atoms with E-state index in [9.17, 15) is 9.59 Å². The first-order chi connectivity index (χ1) is 23.2. The summed E-state index contributed by atoms with van der Waals surface area (Å²) in [7, 11) is 7.23. The summed E-state index contributed by atoms with van der Waals surface area (Å²) in [5.74, 6) is 1.09. The number of anilines is 2. The Morgan fingerprint density at radius 3 is 2.08 bits per heavy atom. The summed E-state index contributed by atoms with van der Waals surface area (Å²) in [6.07, 6.45) is 4.06. The Kier molecular flexibility index (Phi) is 10.8. The summed E-state index contributed by atoms with van der Waals surface area (Å²) < 4.78 is 19.4. The van der Waals surface area contributed by atoms with Crippen LogP contribution in [0.1, 0.15) is 38.8 Å². The second-order valence-electron chi connectivity index (χ2n) is 11.2. The van der Waals surface area contributed by atoms with Crippen molar-refractivity contribution in [3.05, 3.63) is 120 Å². The molecule has 0 spiro atoms. The Labute approximate surface area is 288 Å². The molecule has 0 aliphatic carbocycles. The average molecular weight is 712 g/mol. The van der Waals surface area contributed by atoms with E-state index in [1.807, 2.05) is 86.0 Å². The summed E-state index contributed by atoms with van der Waals surface area (Å²) in [5.41, 5.74) is 13.0. The van der Waals surface area contributed by atoms with E-state index in [0.29, 0.717) is 35.5 Å². The van der Waals surface area contributed by atoms with Gasteiger partial charge in [0.15, 0.2) is 0 Å². The van der Waals surface area contributed by atoms with Gasteiger partial charge < -0.3 is 34.0 Å². The predicted octanol–water partition coefficient (Wildman–Crippen LogP) is 7.87. The van der Waals surface area contributed by atoms with E-state index in [0.717, 1.165) is 39.0 Å². The highest BCUT2D eigenvalue weighted by molar-refractivity contribution is 9.08. The number of rotatable bonds is 6. The number of nitrogens with two attached hydrogens (primary N) is 1. The lowest BCUT2D eigenvalue weighted by atomic mass is 10.1. The number of nitrogen functional groups attached to an aromatic ring is 1. The van der Waals surface area contributed by atoms with E-state index >= 15 is 0 Å². The molecule has 3 heterocycles. The van der Waals surface area contributed by atoms with Gasteiger partial charge in [0.25, 0.3) is 5.91 Å². The molecule has 0 saturated carbocycles. The van der Waals surface area contributed by atoms with Crippen molar-refractivity contribution < 1.29 is 23.8 Å². The minimum absolute atomic E-state index is 0.0316. The lowest BCUT2D eigenvalue weighted by Gasteiger charge is -2.16. The van der Waals surface area contributed by atoms with Gasteiger partial charge in [0.05, 0.1) is 32.9 Å². The van der Waals surface area contributed by atoms with E-state index in [1.165, 1.54) is 10.9 Å². The number of halogens is 1. The van der Waals surface area contributed by atoms with E-state index in [4.69, 9.17) is 19.9 Å². The van der Waals surface area contributed by atoms with Gasteiger partial charge in [-0.15, -0.1) is 0 Å². The van der Waals surface area contributed by atoms with Crippen LogP contribution >= 0.6 is 15.9 Å². The number of aromatic nitrogens is 2. The first kappa shape index (κ1) is 34.1. The summed E-state index contributed by atoms with van der Waals surface area (Å²) in [6.45, 7) is 2.76. The van der Waals surface area contributed by atoms with Crippen molar-refractivity contribution in [3.8, 4) is 11.5 Å². The molecule has 0 fully saturated rings. The normalized spacial score (nSPS) is 11.8. The Hall–Kier alpha value is -5.22. The molecule has 48 heavy (non-hydrogen) atoms. The highest BCUT2D eigenvalue weighted by Gasteiger charge is 2.29. The summed E-state index contributed by atoms with van der Waals surface area (Å²) in [6, 6.07) is 27.2. The molecule has 1 amide bonds. The summed E-state index contributed by atoms with van der Waals surface area (Å²) >= 11 is 3.33. The molecule has 0 saturated heterocycles. The number of carbonyl (C=O) groups excluding carboxylic acids is 2. The molecule has 248 valence electrons. The van der Waals surface area contributed by atoms with Crippen molar-refractivity contribution in [2.45, 2.75) is 18.8 Å². The number of nitrogens with zero attached hydrogens (tertiary/aromatic N) is 3. The molecular formula is C38H39BrN4O5. The molecule has 1 aliphatic heterocycles. The number of amides is 1. The van der Waals surface area contributed by atoms with Gasteiger partial charge in [0.1, 0.15) is 11.5 Å². The van der Waals surface area contributed by atoms with Crippen LogP contribution in [0.15, 0.2) is 97.3 Å². The van der Waals surface area contributed by atoms with Crippen molar-refractivity contribution in [1.29, 1.82) is 0 Å². The number of fused-ring (bicyclic) bond motifs is 3. The van der Waals surface area contributed by atoms with Crippen molar-refractivity contribution in [2.75, 3.05) is 31.5 Å². The Balaban J connectivity index is 0.000000151. The van der Waals surface area contributed by atoms with Crippen LogP contribution in [0, 0.1) is 0 Å². The SMILES string of the molecule is CCOC(=O)c1cc(OC)ccc1CBr.COc1ccc2c(c1)C(=O)N(c1ccc3c(ccn3C)c1)C2.Cn1ccc2cc(N)ccc21. The van der Waals surface area contributed by atoms with E-state index in [1.54, 1.807) is 27.2 Å². The third-order valence-corrected chi connectivity index (χ3v) is 8.77. The molecule has 6 aromatic rings. The third-order valence-electron chi connectivity index (χ3n) is 8.17. The molecule has 1 aliphatic rings. The number of aryl methyl sites for hydroxylation is 2. The topological polar surface area (TPSA) is 101 Å². The fraction of sp³-hybridized carbons (Fsp3) is 0.211. The van der Waals surface area contributed by atoms with Crippen LogP contribution in [0.4, 0.5) is 11.4 Å². The molecule has 0 bridgehead atoms. The second-order valence-corrected chi connectivity index (χ2v) is 11.8. The molecule has 2 aromatic heterocycles. The highest BCUT2D eigenvalue weighted by atomic mass is 79.9. The van der Waals surface area contributed by atoms with Crippen molar-refractivity contribution in [2.24, 2.45) is 14.1 Å². The van der Waals surface area contributed by atoms with Crippen LogP contribution in [0.5, 0.6) is 11.5 Å². The van der Waals surface area contributed by atoms with Crippen LogP contribution in [0.25, 0.3) is 21.8 Å². The largest absolute Gasteiger partial charge is 0.497 e. The van der Waals surface area contributed by atoms with Gasteiger partial charge in [-0.1, -0.05) is 28.1 Å². The maximum atomic E-state index is 12.7. The standard InChI is InChI=1S/C18H16N2O2.C11H13BrO3.C9H10N2/c1-19-8-7-12-9-14(4-6-17(12)19)20-11-13-3-5-15(22-2)10-16(13)18(20)21;1-3-15-11(13)10-6-9(14-2)5-4-8(10)7-12;1-11-5-4-7-6-8(10)2-3-9(7)11/h3-10H,11H2,1-2H3;4-6H,3,7H2,1-2H3;2-6H,10H2,1H3. The van der Waals surface area contributed by atoms with Gasteiger partial charge in [0, 0.05) is 70.6 Å². The zero-order valence-corrected chi connectivity index (χ0v) is 29.3. The fourth-order valence-electron chi connectivity index (χ4n) is 5.55. The van der Waals surface area contributed by atoms with Gasteiger partial charge >= 0.3 is 5.97 Å². The fourth-order valence-corrected chi connectivity index (χ4v) is 6.04. The highest BCUT2D eigenvalue weighted by Crippen LogP contribution is 2.32. The number of hydrogen-bond donors (Lipinski definition) is 1. The van der Waals surface area contributed by atoms with Gasteiger partial charge in [-0.2, -0.15) is 0 Å². The van der Waals surface area contributed by atoms with Crippen LogP contribution in [-0.4, -0.2) is 41.8 Å². The Morgan fingerprint density at radius 2 is 1.44 bits per heavy atom. The number of benzene rings is 4. The number of hydrogen-bond acceptors (Lipinski definition) is 6. The molecule has 0 atom stereocenters. The number of carbonyl (C=O) groups is 2. The van der Waals surface area contributed by atoms with Crippen LogP contribution in [0.3, 0.4) is 0 Å². The predicted molar refractivity (Wildman–Crippen MR) is 195 cm³/mol. The number of ether oxygens (including phenoxy) is 3. The number of alkyl halides is 1. The van der Waals surface area contributed by atoms with Gasteiger partial charge in [0.2, 0.25) is 0 Å². The molecule has 4 aromatic carbocycles. The first-order valence-electron chi connectivity index (χ1n) is 15.4. The minimum Gasteiger partial charge on any atom is -0.497 e. The van der Waals surface area contributed by atoms with E-state index in [2.05, 4.69) is 49.3 Å². The van der Waals surface area contributed by atoms with Crippen LogP contribution in [0.2, 0.25) is 0 Å². The first-order valence-corrected chi connectivity index (χ1v) is 16.5. The smallest absolute Gasteiger partial charge is 0.338 e. The Morgan fingerprint density at radius 1 is 0.812 bits per heavy atom. The summed E-state index contributed by atoms with van der Waals surface area (Å²) in [5, 5.41) is 2.96. The van der Waals surface area contributed by atoms with Crippen molar-refractivity contribution >= 4 is 61.0 Å². The Bertz CT molecular complexity index is 2080. The molecule has 0 radical (unpaired) electrons. The maximum Gasteiger partial charge on any atom is 0.338 e. The number of esters is 1. The van der Waals surface area contributed by atoms with Crippen LogP contribution < -0.4 is 20.1 Å². The molecule has 2 N–H and O–H groups in total. The van der Waals surface area contributed by atoms with Crippen molar-refractivity contribution in [3.63, 3.8) is 0 Å². The lowest BCUT2D eigenvalue weighted by molar-refractivity contribution is 0.0525. The monoisotopic (exact) mass is 710 g/mol. The van der Waals surface area contributed by atoms with Gasteiger partial charge in [-0.3, -0.25) is 4.79 Å². The molecular weight excluding hydrogens is 672 g/mol. The lowest BCUT2D eigenvalue weighted by Crippen LogP contribution is -2.22. The maximum absolute atomic E-state index is 12.7. The van der Waals surface area contributed by atoms with E-state index in [-0.39, 0.29) is 11.9 Å². The quantitative estimate of drug-likeness (QED) is 0.107. The molecule has 0 unspecified atom stereocenters. The zero-order chi connectivity index (χ0) is 34.4. The number of methoxy groups -OCH3 is 2. The minimum atomic E-state index is -0.314. The summed E-state index contributed by atoms with van der Waals surface area (Å²) in [4.78, 5) is 26.1. The van der Waals surface area contributed by atoms with Gasteiger partial charge in [-0.05, 0) is 90.8 Å². The van der Waals surface area contributed by atoms with Crippen LogP contribution in [-0.2, 0) is 30.7 Å². The molecule has 10 heteroatoms. The van der Waals surface area contributed by atoms with Crippen molar-refractivity contribution in [1.82, 2.24) is 9.13 Å². The third kappa shape index (κ3) is 7.34. The average Bonchev–Trinajstić information content (AvgIpc) is 3.78.